The normalized spacial score (nSPS) is 20.5. The lowest BCUT2D eigenvalue weighted by Crippen LogP contribution is -2.46. The second kappa shape index (κ2) is 7.43. The van der Waals surface area contributed by atoms with Crippen molar-refractivity contribution in [1.82, 2.24) is 29.4 Å². The minimum atomic E-state index is -3.65. The number of nitrogens with one attached hydrogen (secondary N) is 1. The van der Waals surface area contributed by atoms with Gasteiger partial charge in [0.15, 0.2) is 11.6 Å². The Morgan fingerprint density at radius 2 is 1.82 bits per heavy atom. The summed E-state index contributed by atoms with van der Waals surface area (Å²) in [5.74, 6) is 1.17. The van der Waals surface area contributed by atoms with Gasteiger partial charge in [-0.3, -0.25) is 4.72 Å². The predicted octanol–water partition coefficient (Wildman–Crippen LogP) is 2.03. The summed E-state index contributed by atoms with van der Waals surface area (Å²) in [6.07, 6.45) is 8.20. The largest absolute Gasteiger partial charge is 0.340 e. The van der Waals surface area contributed by atoms with Gasteiger partial charge in [0.2, 0.25) is 5.89 Å². The molecule has 2 aromatic rings. The summed E-state index contributed by atoms with van der Waals surface area (Å²) >= 11 is 0. The van der Waals surface area contributed by atoms with Crippen molar-refractivity contribution >= 4 is 16.0 Å². The van der Waals surface area contributed by atoms with E-state index in [1.54, 1.807) is 18.5 Å². The van der Waals surface area contributed by atoms with Gasteiger partial charge in [0.1, 0.15) is 6.54 Å². The number of hydrogen-bond acceptors (Lipinski definition) is 7. The quantitative estimate of drug-likeness (QED) is 0.802. The van der Waals surface area contributed by atoms with Gasteiger partial charge in [-0.25, -0.2) is 4.68 Å². The zero-order valence-corrected chi connectivity index (χ0v) is 17.2. The Morgan fingerprint density at radius 1 is 1.11 bits per heavy atom. The Kier molecular flexibility index (Phi) is 5.13. The van der Waals surface area contributed by atoms with Gasteiger partial charge >= 0.3 is 10.2 Å². The van der Waals surface area contributed by atoms with Crippen LogP contribution in [0.2, 0.25) is 0 Å². The van der Waals surface area contributed by atoms with E-state index in [1.807, 2.05) is 0 Å². The summed E-state index contributed by atoms with van der Waals surface area (Å²) in [6.45, 7) is 4.86. The fourth-order valence-electron chi connectivity index (χ4n) is 4.33. The lowest BCUT2D eigenvalue weighted by atomic mass is 9.68. The molecule has 1 aliphatic heterocycles. The second-order valence-corrected chi connectivity index (χ2v) is 9.65. The summed E-state index contributed by atoms with van der Waals surface area (Å²) < 4.78 is 36.3. The highest BCUT2D eigenvalue weighted by Gasteiger charge is 2.38. The molecule has 2 aliphatic rings. The summed E-state index contributed by atoms with van der Waals surface area (Å²) in [5.41, 5.74) is 0.957. The van der Waals surface area contributed by atoms with Crippen LogP contribution in [0.15, 0.2) is 4.52 Å². The number of aromatic nitrogens is 5. The molecule has 4 rings (SSSR count). The molecule has 28 heavy (non-hydrogen) atoms. The lowest BCUT2D eigenvalue weighted by Gasteiger charge is -2.43. The van der Waals surface area contributed by atoms with Crippen LogP contribution in [0.1, 0.15) is 62.4 Å². The summed E-state index contributed by atoms with van der Waals surface area (Å²) in [6, 6.07) is 0. The Labute approximate surface area is 164 Å². The van der Waals surface area contributed by atoms with Crippen LogP contribution < -0.4 is 4.72 Å². The van der Waals surface area contributed by atoms with Crippen LogP contribution in [0, 0.1) is 19.3 Å². The average Bonchev–Trinajstić information content (AvgIpc) is 3.23. The van der Waals surface area contributed by atoms with Crippen LogP contribution in [0.4, 0.5) is 5.82 Å². The maximum atomic E-state index is 12.8. The molecule has 0 aromatic carbocycles. The van der Waals surface area contributed by atoms with E-state index in [1.165, 1.54) is 36.4 Å². The maximum absolute atomic E-state index is 12.8. The molecule has 154 valence electrons. The highest BCUT2D eigenvalue weighted by atomic mass is 32.2. The molecule has 2 aromatic heterocycles. The van der Waals surface area contributed by atoms with Crippen LogP contribution in [0.3, 0.4) is 0 Å². The monoisotopic (exact) mass is 409 g/mol. The topological polar surface area (TPSA) is 119 Å². The van der Waals surface area contributed by atoms with Gasteiger partial charge in [-0.1, -0.05) is 29.6 Å². The van der Waals surface area contributed by atoms with Crippen molar-refractivity contribution < 1.29 is 12.9 Å². The molecule has 0 radical (unpaired) electrons. The molecule has 3 heterocycles. The molecule has 1 N–H and O–H groups in total. The van der Waals surface area contributed by atoms with Crippen molar-refractivity contribution in [1.29, 1.82) is 0 Å². The van der Waals surface area contributed by atoms with Gasteiger partial charge < -0.3 is 4.52 Å². The van der Waals surface area contributed by atoms with E-state index in [4.69, 9.17) is 4.52 Å². The summed E-state index contributed by atoms with van der Waals surface area (Å²) in [5, 5.41) is 11.8. The van der Waals surface area contributed by atoms with Crippen LogP contribution >= 0.6 is 0 Å². The molecule has 0 atom stereocenters. The van der Waals surface area contributed by atoms with Crippen molar-refractivity contribution in [3.63, 3.8) is 0 Å². The SMILES string of the molecule is Cc1nc(Cn2nnc(NS(=O)(=O)N3CCC4(CCCCC4)CC3)c2C)no1. The Bertz CT molecular complexity index is 920. The van der Waals surface area contributed by atoms with E-state index in [2.05, 4.69) is 25.2 Å². The molecular weight excluding hydrogens is 382 g/mol. The van der Waals surface area contributed by atoms with Crippen molar-refractivity contribution in [3.05, 3.63) is 17.4 Å². The highest BCUT2D eigenvalue weighted by molar-refractivity contribution is 7.90. The highest BCUT2D eigenvalue weighted by Crippen LogP contribution is 2.44. The van der Waals surface area contributed by atoms with Crippen molar-refractivity contribution in [2.75, 3.05) is 17.8 Å². The van der Waals surface area contributed by atoms with E-state index < -0.39 is 10.2 Å². The molecule has 11 heteroatoms. The Balaban J connectivity index is 1.41. The first-order valence-corrected chi connectivity index (χ1v) is 11.3. The van der Waals surface area contributed by atoms with Crippen molar-refractivity contribution in [2.24, 2.45) is 5.41 Å². The van der Waals surface area contributed by atoms with Crippen LogP contribution in [-0.4, -0.2) is 50.9 Å². The number of hydrogen-bond donors (Lipinski definition) is 1. The number of anilines is 1. The number of rotatable bonds is 5. The molecule has 0 unspecified atom stereocenters. The Hall–Kier alpha value is -2.01. The molecule has 0 bridgehead atoms. The summed E-state index contributed by atoms with van der Waals surface area (Å²) in [7, 11) is -3.65. The average molecular weight is 410 g/mol. The minimum Gasteiger partial charge on any atom is -0.340 e. The first kappa shape index (κ1) is 19.3. The molecule has 0 amide bonds. The third kappa shape index (κ3) is 3.90. The van der Waals surface area contributed by atoms with Gasteiger partial charge in [-0.05, 0) is 38.0 Å². The first-order chi connectivity index (χ1) is 13.4. The summed E-state index contributed by atoms with van der Waals surface area (Å²) in [4.78, 5) is 4.13. The lowest BCUT2D eigenvalue weighted by molar-refractivity contribution is 0.103. The molecule has 10 nitrogen and oxygen atoms in total. The van der Waals surface area contributed by atoms with Crippen molar-refractivity contribution in [3.8, 4) is 0 Å². The second-order valence-electron chi connectivity index (χ2n) is 7.98. The number of aryl methyl sites for hydroxylation is 1. The molecule has 1 saturated carbocycles. The van der Waals surface area contributed by atoms with E-state index in [9.17, 15) is 8.42 Å². The molecule has 2 fully saturated rings. The maximum Gasteiger partial charge on any atom is 0.302 e. The fourth-order valence-corrected chi connectivity index (χ4v) is 5.56. The zero-order valence-electron chi connectivity index (χ0n) is 16.4. The fraction of sp³-hybridized carbons (Fsp3) is 0.765. The van der Waals surface area contributed by atoms with E-state index in [0.717, 1.165) is 12.8 Å². The predicted molar refractivity (Wildman–Crippen MR) is 102 cm³/mol. The standard InChI is InChI=1S/C17H27N7O3S/c1-13-16(19-22-24(13)12-15-18-14(2)27-20-15)21-28(25,26)23-10-8-17(9-11-23)6-4-3-5-7-17/h21H,3-12H2,1-2H3. The zero-order chi connectivity index (χ0) is 19.8. The van der Waals surface area contributed by atoms with Gasteiger partial charge in [-0.15, -0.1) is 5.10 Å². The van der Waals surface area contributed by atoms with Crippen LogP contribution in [-0.2, 0) is 16.8 Å². The van der Waals surface area contributed by atoms with E-state index in [0.29, 0.717) is 35.9 Å². The number of piperidine rings is 1. The van der Waals surface area contributed by atoms with Gasteiger partial charge in [0.05, 0.1) is 5.69 Å². The first-order valence-electron chi connectivity index (χ1n) is 9.84. The smallest absolute Gasteiger partial charge is 0.302 e. The molecule has 1 saturated heterocycles. The van der Waals surface area contributed by atoms with E-state index >= 15 is 0 Å². The van der Waals surface area contributed by atoms with Crippen LogP contribution in [0.25, 0.3) is 0 Å². The van der Waals surface area contributed by atoms with Gasteiger partial charge in [0, 0.05) is 20.0 Å². The third-order valence-electron chi connectivity index (χ3n) is 6.11. The molecular formula is C17H27N7O3S. The van der Waals surface area contributed by atoms with Gasteiger partial charge in [0.25, 0.3) is 0 Å². The van der Waals surface area contributed by atoms with Crippen LogP contribution in [0.5, 0.6) is 0 Å². The Morgan fingerprint density at radius 3 is 2.46 bits per heavy atom. The minimum absolute atomic E-state index is 0.234. The number of nitrogens with zero attached hydrogens (tertiary/aromatic N) is 6. The molecule has 1 spiro atoms. The third-order valence-corrected chi connectivity index (χ3v) is 7.60. The van der Waals surface area contributed by atoms with Gasteiger partial charge in [-0.2, -0.15) is 17.7 Å². The van der Waals surface area contributed by atoms with E-state index in [-0.39, 0.29) is 12.4 Å². The van der Waals surface area contributed by atoms with Crippen molar-refractivity contribution in [2.45, 2.75) is 65.3 Å². The molecule has 1 aliphatic carbocycles.